The van der Waals surface area contributed by atoms with Crippen molar-refractivity contribution >= 4 is 52.6 Å². The van der Waals surface area contributed by atoms with Crippen LogP contribution in [-0.2, 0) is 9.53 Å². The first kappa shape index (κ1) is 42.5. The fourth-order valence-corrected chi connectivity index (χ4v) is 8.03. The van der Waals surface area contributed by atoms with Gasteiger partial charge >= 0.3 is 12.0 Å². The molecule has 0 bridgehead atoms. The highest BCUT2D eigenvalue weighted by Crippen LogP contribution is 2.37. The molecule has 1 aromatic heterocycles. The van der Waals surface area contributed by atoms with Crippen molar-refractivity contribution < 1.29 is 37.4 Å². The van der Waals surface area contributed by atoms with Crippen molar-refractivity contribution in [3.63, 3.8) is 0 Å². The second-order valence-corrected chi connectivity index (χ2v) is 15.9. The molecule has 3 N–H and O–H groups in total. The number of methoxy groups -OCH3 is 2. The van der Waals surface area contributed by atoms with Crippen LogP contribution in [0.1, 0.15) is 53.8 Å². The van der Waals surface area contributed by atoms with Gasteiger partial charge in [0.1, 0.15) is 17.7 Å². The van der Waals surface area contributed by atoms with Crippen LogP contribution in [0.15, 0.2) is 48.7 Å². The van der Waals surface area contributed by atoms with E-state index in [-0.39, 0.29) is 47.6 Å². The highest BCUT2D eigenvalue weighted by atomic mass is 19.3. The number of carbonyl (C=O) groups is 4. The molecule has 4 aliphatic heterocycles. The Hall–Kier alpha value is -5.66. The SMILES string of the molecule is COc1cc(C(=O)NN2CCC(CN3CCN(C(=O)c4ccc(N5CCC(OC)NC5=O)cc4)CC3)CC2)ccc1Nc1ncc2c(n1)N(C(C)C)CC(F)(F)C(=O)N2C. The molecule has 322 valence electrons. The molecule has 7 rings (SSSR count). The summed E-state index contributed by atoms with van der Waals surface area (Å²) in [6.07, 6.45) is 3.54. The van der Waals surface area contributed by atoms with Crippen LogP contribution in [0.25, 0.3) is 0 Å². The molecule has 5 heterocycles. The Kier molecular flexibility index (Phi) is 12.7. The number of piperazine rings is 1. The molecule has 0 aliphatic carbocycles. The topological polar surface area (TPSA) is 168 Å². The predicted octanol–water partition coefficient (Wildman–Crippen LogP) is 3.76. The van der Waals surface area contributed by atoms with Gasteiger partial charge in [-0.3, -0.25) is 29.6 Å². The van der Waals surface area contributed by atoms with Gasteiger partial charge in [-0.15, -0.1) is 0 Å². The smallest absolute Gasteiger partial charge is 0.342 e. The van der Waals surface area contributed by atoms with Crippen molar-refractivity contribution in [2.45, 2.75) is 51.3 Å². The Morgan fingerprint density at radius 2 is 1.65 bits per heavy atom. The third kappa shape index (κ3) is 9.22. The number of alkyl halides is 2. The maximum atomic E-state index is 14.7. The van der Waals surface area contributed by atoms with E-state index in [9.17, 15) is 28.0 Å². The number of nitrogens with one attached hydrogen (secondary N) is 3. The molecule has 1 unspecified atom stereocenters. The summed E-state index contributed by atoms with van der Waals surface area (Å²) in [6, 6.07) is 11.5. The maximum absolute atomic E-state index is 14.7. The van der Waals surface area contributed by atoms with Gasteiger partial charge in [-0.2, -0.15) is 13.8 Å². The van der Waals surface area contributed by atoms with E-state index in [2.05, 4.69) is 30.9 Å². The Balaban J connectivity index is 0.868. The lowest BCUT2D eigenvalue weighted by Gasteiger charge is -2.39. The Morgan fingerprint density at radius 1 is 0.950 bits per heavy atom. The monoisotopic (exact) mass is 833 g/mol. The third-order valence-electron chi connectivity index (χ3n) is 11.6. The molecular formula is C41H53F2N11O6. The number of nitrogens with zero attached hydrogens (tertiary/aromatic N) is 8. The molecule has 3 aromatic rings. The van der Waals surface area contributed by atoms with Crippen LogP contribution in [0.2, 0.25) is 0 Å². The Morgan fingerprint density at radius 3 is 2.30 bits per heavy atom. The first-order chi connectivity index (χ1) is 28.7. The fraction of sp³-hybridized carbons (Fsp3) is 0.512. The van der Waals surface area contributed by atoms with Crippen LogP contribution < -0.4 is 35.5 Å². The van der Waals surface area contributed by atoms with Crippen molar-refractivity contribution in [1.82, 2.24) is 35.5 Å². The number of amides is 5. The van der Waals surface area contributed by atoms with Crippen molar-refractivity contribution in [3.8, 4) is 5.75 Å². The van der Waals surface area contributed by atoms with Crippen LogP contribution in [-0.4, -0.2) is 147 Å². The highest BCUT2D eigenvalue weighted by Gasteiger charge is 2.47. The van der Waals surface area contributed by atoms with Gasteiger partial charge in [0.05, 0.1) is 25.5 Å². The summed E-state index contributed by atoms with van der Waals surface area (Å²) in [4.78, 5) is 68.6. The maximum Gasteiger partial charge on any atom is 0.342 e. The normalized spacial score (nSPS) is 20.4. The molecule has 0 spiro atoms. The van der Waals surface area contributed by atoms with E-state index in [1.165, 1.54) is 25.3 Å². The summed E-state index contributed by atoms with van der Waals surface area (Å²) in [6.45, 7) is 8.38. The van der Waals surface area contributed by atoms with E-state index in [0.29, 0.717) is 67.6 Å². The standard InChI is InChI=1S/C41H53F2N11O6/c1-26(2)54-25-41(42,43)38(57)49(3)32-23-44-39(47-35(32)54)45-31-11-8-29(22-33(31)59-4)36(55)48-52-15-12-27(13-16-52)24-50-18-20-51(21-19-50)37(56)28-6-9-30(10-7-28)53-17-14-34(60-5)46-40(53)58/h6-11,22-23,26-27,34H,12-21,24-25H2,1-5H3,(H,46,58)(H,48,55)(H,44,45,47). The molecular weight excluding hydrogens is 781 g/mol. The zero-order valence-corrected chi connectivity index (χ0v) is 34.6. The first-order valence-electron chi connectivity index (χ1n) is 20.3. The van der Waals surface area contributed by atoms with Crippen LogP contribution in [0.3, 0.4) is 0 Å². The lowest BCUT2D eigenvalue weighted by atomic mass is 9.96. The molecule has 19 heteroatoms. The van der Waals surface area contributed by atoms with E-state index < -0.39 is 18.4 Å². The fourth-order valence-electron chi connectivity index (χ4n) is 8.03. The van der Waals surface area contributed by atoms with Crippen molar-refractivity contribution in [3.05, 3.63) is 59.8 Å². The second-order valence-electron chi connectivity index (χ2n) is 15.9. The minimum atomic E-state index is -3.60. The molecule has 3 fully saturated rings. The molecule has 2 aromatic carbocycles. The summed E-state index contributed by atoms with van der Waals surface area (Å²) >= 11 is 0. The molecule has 60 heavy (non-hydrogen) atoms. The predicted molar refractivity (Wildman–Crippen MR) is 221 cm³/mol. The number of hydrazine groups is 1. The number of benzene rings is 2. The number of piperidine rings is 1. The number of ether oxygens (including phenoxy) is 2. The zero-order chi connectivity index (χ0) is 42.7. The summed E-state index contributed by atoms with van der Waals surface area (Å²) in [5.41, 5.74) is 5.36. The minimum absolute atomic E-state index is 0.0159. The minimum Gasteiger partial charge on any atom is -0.495 e. The van der Waals surface area contributed by atoms with Gasteiger partial charge in [0.2, 0.25) is 5.95 Å². The number of anilines is 5. The summed E-state index contributed by atoms with van der Waals surface area (Å²) in [5.74, 6) is -4.12. The van der Waals surface area contributed by atoms with Crippen LogP contribution >= 0.6 is 0 Å². The number of rotatable bonds is 11. The van der Waals surface area contributed by atoms with Crippen molar-refractivity contribution in [2.75, 3.05) is 100 Å². The van der Waals surface area contributed by atoms with Gasteiger partial charge < -0.3 is 34.8 Å². The Bertz CT molecular complexity index is 2060. The van der Waals surface area contributed by atoms with Gasteiger partial charge in [-0.05, 0) is 75.1 Å². The highest BCUT2D eigenvalue weighted by molar-refractivity contribution is 6.02. The Labute approximate surface area is 347 Å². The van der Waals surface area contributed by atoms with Gasteiger partial charge in [-0.25, -0.2) is 14.8 Å². The quantitative estimate of drug-likeness (QED) is 0.257. The van der Waals surface area contributed by atoms with E-state index >= 15 is 0 Å². The largest absolute Gasteiger partial charge is 0.495 e. The number of carbonyl (C=O) groups excluding carboxylic acids is 4. The van der Waals surface area contributed by atoms with Gasteiger partial charge in [0.15, 0.2) is 5.82 Å². The second kappa shape index (κ2) is 17.9. The van der Waals surface area contributed by atoms with Crippen LogP contribution in [0.5, 0.6) is 5.75 Å². The van der Waals surface area contributed by atoms with Gasteiger partial charge in [0.25, 0.3) is 17.7 Å². The van der Waals surface area contributed by atoms with Crippen molar-refractivity contribution in [2.24, 2.45) is 5.92 Å². The summed E-state index contributed by atoms with van der Waals surface area (Å²) in [7, 11) is 4.32. The third-order valence-corrected chi connectivity index (χ3v) is 11.6. The molecule has 1 atom stereocenters. The zero-order valence-electron chi connectivity index (χ0n) is 34.6. The van der Waals surface area contributed by atoms with E-state index in [1.807, 2.05) is 22.0 Å². The van der Waals surface area contributed by atoms with E-state index in [1.54, 1.807) is 56.2 Å². The van der Waals surface area contributed by atoms with Gasteiger partial charge in [0, 0.05) is 95.8 Å². The van der Waals surface area contributed by atoms with Crippen molar-refractivity contribution in [1.29, 1.82) is 0 Å². The number of fused-ring (bicyclic) bond motifs is 1. The summed E-state index contributed by atoms with van der Waals surface area (Å²) < 4.78 is 40.3. The number of urea groups is 1. The first-order valence-corrected chi connectivity index (χ1v) is 20.3. The average molecular weight is 834 g/mol. The van der Waals surface area contributed by atoms with E-state index in [4.69, 9.17) is 9.47 Å². The number of halogens is 2. The molecule has 3 saturated heterocycles. The molecule has 0 radical (unpaired) electrons. The number of aromatic nitrogens is 2. The number of hydrogen-bond acceptors (Lipinski definition) is 12. The van der Waals surface area contributed by atoms with Crippen LogP contribution in [0.4, 0.5) is 42.4 Å². The van der Waals surface area contributed by atoms with Crippen LogP contribution in [0, 0.1) is 5.92 Å². The number of hydrogen-bond donors (Lipinski definition) is 3. The average Bonchev–Trinajstić information content (AvgIpc) is 3.32. The van der Waals surface area contributed by atoms with E-state index in [0.717, 1.165) is 43.1 Å². The lowest BCUT2D eigenvalue weighted by molar-refractivity contribution is -0.140. The lowest BCUT2D eigenvalue weighted by Crippen LogP contribution is -2.52. The molecule has 0 saturated carbocycles. The molecule has 17 nitrogen and oxygen atoms in total. The van der Waals surface area contributed by atoms with Gasteiger partial charge in [-0.1, -0.05) is 0 Å². The summed E-state index contributed by atoms with van der Waals surface area (Å²) in [5, 5.41) is 7.82. The molecule has 4 aliphatic rings. The molecule has 5 amide bonds.